The molecule has 2 aromatic carbocycles. The molecule has 1 aromatic heterocycles. The molecule has 33 heavy (non-hydrogen) atoms. The van der Waals surface area contributed by atoms with Gasteiger partial charge in [-0.1, -0.05) is 6.07 Å². The zero-order valence-corrected chi connectivity index (χ0v) is 19.7. The molecular formula is C22H20BrClF4N4O. The molecule has 176 valence electrons. The number of nitrogens with zero attached hydrogens (tertiary/aromatic N) is 2. The molecule has 3 aromatic rings. The summed E-state index contributed by atoms with van der Waals surface area (Å²) in [6, 6.07) is 5.16. The molecule has 0 aliphatic carbocycles. The number of carbonyl (C=O) groups is 1. The van der Waals surface area contributed by atoms with E-state index in [-0.39, 0.29) is 23.9 Å². The SMILES string of the molecule is Cl.Cn1ncc(Br)c1-c1cc(F)c(C(=O)N[C@@H]2CNCC[C@H]2c2ccc(F)c(F)c2)c(F)c1. The number of amides is 1. The maximum atomic E-state index is 14.8. The van der Waals surface area contributed by atoms with Crippen molar-refractivity contribution in [2.75, 3.05) is 13.1 Å². The molecular weight excluding hydrogens is 528 g/mol. The van der Waals surface area contributed by atoms with Crippen LogP contribution in [0.25, 0.3) is 11.3 Å². The van der Waals surface area contributed by atoms with Gasteiger partial charge in [-0.2, -0.15) is 5.10 Å². The van der Waals surface area contributed by atoms with Crippen molar-refractivity contribution in [2.45, 2.75) is 18.4 Å². The second-order valence-corrected chi connectivity index (χ2v) is 8.49. The summed E-state index contributed by atoms with van der Waals surface area (Å²) in [5.74, 6) is -5.24. The van der Waals surface area contributed by atoms with Crippen molar-refractivity contribution >= 4 is 34.2 Å². The molecule has 11 heteroatoms. The quantitative estimate of drug-likeness (QED) is 0.466. The number of aryl methyl sites for hydroxylation is 1. The molecule has 2 N–H and O–H groups in total. The summed E-state index contributed by atoms with van der Waals surface area (Å²) in [6.45, 7) is 0.922. The average Bonchev–Trinajstić information content (AvgIpc) is 3.08. The van der Waals surface area contributed by atoms with Crippen LogP contribution in [0.5, 0.6) is 0 Å². The van der Waals surface area contributed by atoms with Crippen molar-refractivity contribution in [3.63, 3.8) is 0 Å². The highest BCUT2D eigenvalue weighted by atomic mass is 79.9. The number of benzene rings is 2. The number of nitrogens with one attached hydrogen (secondary N) is 2. The Balaban J connectivity index is 0.00000306. The van der Waals surface area contributed by atoms with E-state index in [4.69, 9.17) is 0 Å². The van der Waals surface area contributed by atoms with Crippen molar-refractivity contribution in [2.24, 2.45) is 7.05 Å². The first kappa shape index (κ1) is 25.2. The molecule has 0 radical (unpaired) electrons. The van der Waals surface area contributed by atoms with Gasteiger partial charge in [0.1, 0.15) is 17.2 Å². The number of carbonyl (C=O) groups excluding carboxylic acids is 1. The number of hydrogen-bond acceptors (Lipinski definition) is 3. The van der Waals surface area contributed by atoms with E-state index in [9.17, 15) is 22.4 Å². The normalized spacial score (nSPS) is 18.0. The lowest BCUT2D eigenvalue weighted by atomic mass is 9.85. The molecule has 0 bridgehead atoms. The lowest BCUT2D eigenvalue weighted by molar-refractivity contribution is 0.0916. The van der Waals surface area contributed by atoms with E-state index in [1.807, 2.05) is 0 Å². The third-order valence-electron chi connectivity index (χ3n) is 5.61. The summed E-state index contributed by atoms with van der Waals surface area (Å²) < 4.78 is 58.7. The standard InChI is InChI=1S/C22H19BrF4N4O.ClH/c1-31-21(14(23)9-29-31)12-7-17(26)20(18(27)8-12)22(32)30-19-10-28-5-4-13(19)11-2-3-15(24)16(25)6-11;/h2-3,6-9,13,19,28H,4-5,10H2,1H3,(H,30,32);1H/t13-,19+;/m0./s1. The third-order valence-corrected chi connectivity index (χ3v) is 6.19. The largest absolute Gasteiger partial charge is 0.347 e. The summed E-state index contributed by atoms with van der Waals surface area (Å²) >= 11 is 3.29. The Kier molecular flexibility index (Phi) is 7.81. The Morgan fingerprint density at radius 3 is 2.42 bits per heavy atom. The van der Waals surface area contributed by atoms with Crippen LogP contribution in [0.2, 0.25) is 0 Å². The topological polar surface area (TPSA) is 59.0 Å². The van der Waals surface area contributed by atoms with Gasteiger partial charge in [-0.15, -0.1) is 12.4 Å². The fourth-order valence-corrected chi connectivity index (χ4v) is 4.63. The summed E-state index contributed by atoms with van der Waals surface area (Å²) in [5.41, 5.74) is 0.488. The number of halogens is 6. The van der Waals surface area contributed by atoms with Gasteiger partial charge in [-0.3, -0.25) is 9.48 Å². The van der Waals surface area contributed by atoms with Gasteiger partial charge in [0.2, 0.25) is 0 Å². The first-order chi connectivity index (χ1) is 15.3. The van der Waals surface area contributed by atoms with Gasteiger partial charge in [0.25, 0.3) is 5.91 Å². The summed E-state index contributed by atoms with van der Waals surface area (Å²) in [7, 11) is 1.63. The lowest BCUT2D eigenvalue weighted by Gasteiger charge is -2.33. The molecule has 0 unspecified atom stereocenters. The minimum atomic E-state index is -1.02. The summed E-state index contributed by atoms with van der Waals surface area (Å²) in [5, 5.41) is 9.78. The van der Waals surface area contributed by atoms with Gasteiger partial charge >= 0.3 is 0 Å². The van der Waals surface area contributed by atoms with E-state index in [0.29, 0.717) is 35.2 Å². The lowest BCUT2D eigenvalue weighted by Crippen LogP contribution is -2.50. The van der Waals surface area contributed by atoms with Gasteiger partial charge in [-0.05, 0) is 58.7 Å². The third kappa shape index (κ3) is 5.07. The molecule has 1 aliphatic rings. The number of piperidine rings is 1. The van der Waals surface area contributed by atoms with Crippen molar-refractivity contribution in [1.29, 1.82) is 0 Å². The van der Waals surface area contributed by atoms with Gasteiger partial charge < -0.3 is 10.6 Å². The Morgan fingerprint density at radius 2 is 1.82 bits per heavy atom. The van der Waals surface area contributed by atoms with E-state index in [1.165, 1.54) is 16.9 Å². The maximum absolute atomic E-state index is 14.8. The maximum Gasteiger partial charge on any atom is 0.257 e. The zero-order chi connectivity index (χ0) is 23.0. The Morgan fingerprint density at radius 1 is 1.12 bits per heavy atom. The van der Waals surface area contributed by atoms with Crippen LogP contribution in [-0.2, 0) is 7.05 Å². The number of hydrogen-bond donors (Lipinski definition) is 2. The fraction of sp³-hybridized carbons (Fsp3) is 0.273. The highest BCUT2D eigenvalue weighted by Gasteiger charge is 2.30. The molecule has 0 spiro atoms. The molecule has 4 rings (SSSR count). The molecule has 5 nitrogen and oxygen atoms in total. The van der Waals surface area contributed by atoms with E-state index in [1.54, 1.807) is 7.05 Å². The Hall–Kier alpha value is -2.43. The summed E-state index contributed by atoms with van der Waals surface area (Å²) in [6.07, 6.45) is 2.04. The van der Waals surface area contributed by atoms with E-state index in [0.717, 1.165) is 24.3 Å². The van der Waals surface area contributed by atoms with Crippen LogP contribution < -0.4 is 10.6 Å². The van der Waals surface area contributed by atoms with Crippen LogP contribution >= 0.6 is 28.3 Å². The zero-order valence-electron chi connectivity index (χ0n) is 17.3. The fourth-order valence-electron chi connectivity index (χ4n) is 4.05. The average molecular weight is 548 g/mol. The predicted octanol–water partition coefficient (Wildman–Crippen LogP) is 4.70. The number of rotatable bonds is 4. The van der Waals surface area contributed by atoms with Crippen LogP contribution in [0.1, 0.15) is 28.3 Å². The predicted molar refractivity (Wildman–Crippen MR) is 121 cm³/mol. The van der Waals surface area contributed by atoms with E-state index >= 15 is 0 Å². The minimum absolute atomic E-state index is 0. The highest BCUT2D eigenvalue weighted by molar-refractivity contribution is 9.10. The Labute approximate surface area is 202 Å². The van der Waals surface area contributed by atoms with Crippen LogP contribution in [0, 0.1) is 23.3 Å². The van der Waals surface area contributed by atoms with Crippen LogP contribution in [0.4, 0.5) is 17.6 Å². The smallest absolute Gasteiger partial charge is 0.257 e. The molecule has 1 amide bonds. The van der Waals surface area contributed by atoms with Gasteiger partial charge in [-0.25, -0.2) is 17.6 Å². The molecule has 2 atom stereocenters. The van der Waals surface area contributed by atoms with Gasteiger partial charge in [0.05, 0.1) is 16.4 Å². The minimum Gasteiger partial charge on any atom is -0.347 e. The van der Waals surface area contributed by atoms with Crippen molar-refractivity contribution in [1.82, 2.24) is 20.4 Å². The second kappa shape index (κ2) is 10.2. The van der Waals surface area contributed by atoms with Crippen LogP contribution in [0.15, 0.2) is 41.0 Å². The van der Waals surface area contributed by atoms with Crippen molar-refractivity contribution in [3.05, 3.63) is 75.4 Å². The van der Waals surface area contributed by atoms with Crippen LogP contribution in [0.3, 0.4) is 0 Å². The van der Waals surface area contributed by atoms with E-state index in [2.05, 4.69) is 31.7 Å². The molecule has 1 fully saturated rings. The summed E-state index contributed by atoms with van der Waals surface area (Å²) in [4.78, 5) is 12.8. The molecule has 1 aliphatic heterocycles. The first-order valence-corrected chi connectivity index (χ1v) is 10.7. The second-order valence-electron chi connectivity index (χ2n) is 7.63. The molecule has 0 saturated carbocycles. The molecule has 1 saturated heterocycles. The first-order valence-electron chi connectivity index (χ1n) is 9.89. The van der Waals surface area contributed by atoms with Crippen LogP contribution in [-0.4, -0.2) is 34.8 Å². The Bertz CT molecular complexity index is 1150. The van der Waals surface area contributed by atoms with Gasteiger partial charge in [0, 0.05) is 31.1 Å². The molecule has 2 heterocycles. The highest BCUT2D eigenvalue weighted by Crippen LogP contribution is 2.31. The van der Waals surface area contributed by atoms with E-state index < -0.39 is 40.8 Å². The monoisotopic (exact) mass is 546 g/mol. The van der Waals surface area contributed by atoms with Crippen molar-refractivity contribution < 1.29 is 22.4 Å². The van der Waals surface area contributed by atoms with Gasteiger partial charge in [0.15, 0.2) is 11.6 Å². The number of aromatic nitrogens is 2. The van der Waals surface area contributed by atoms with Crippen molar-refractivity contribution in [3.8, 4) is 11.3 Å².